The van der Waals surface area contributed by atoms with Crippen molar-refractivity contribution in [2.45, 2.75) is 164 Å². The number of nitrogens with zero attached hydrogens (tertiary/aromatic N) is 3. The highest BCUT2D eigenvalue weighted by Gasteiger charge is 2.48. The quantitative estimate of drug-likeness (QED) is 0.0789. The van der Waals surface area contributed by atoms with E-state index >= 15 is 0 Å². The van der Waals surface area contributed by atoms with Crippen molar-refractivity contribution in [2.75, 3.05) is 50.8 Å². The SMILES string of the molecule is CN[C@@H](C)C(=O)N[C@H](C(=O)N1C[C@@H](NC(=O)c2ccc(C(=O)NCCCN3CCC(CS(=O)(=O)N4[C@@H]5CC[C@H]4CC(NC(=O)c4cc6c(cc4Cl)NC(=O)C6)C5)CC3)cc2)C[C@H]1C(=O)N[C@@H]1CCCc2ccccc21)C1CCCCC1. The summed E-state index contributed by atoms with van der Waals surface area (Å²) in [4.78, 5) is 98.7. The maximum absolute atomic E-state index is 14.8. The number of aryl methyl sites for hydroxylation is 1. The molecular weight excluding hydrogens is 1070 g/mol. The number of carbonyl (C=O) groups excluding carboxylic acids is 7. The van der Waals surface area contributed by atoms with Crippen LogP contribution in [0.25, 0.3) is 0 Å². The maximum atomic E-state index is 14.8. The van der Waals surface area contributed by atoms with Crippen LogP contribution in [-0.4, -0.2) is 152 Å². The van der Waals surface area contributed by atoms with Gasteiger partial charge in [0.15, 0.2) is 0 Å². The molecule has 81 heavy (non-hydrogen) atoms. The topological polar surface area (TPSA) is 248 Å². The number of nitrogens with one attached hydrogen (secondary N) is 7. The normalized spacial score (nSPS) is 25.0. The number of rotatable bonds is 19. The lowest BCUT2D eigenvalue weighted by Crippen LogP contribution is -2.58. The summed E-state index contributed by atoms with van der Waals surface area (Å²) in [6.07, 6.45) is 12.4. The van der Waals surface area contributed by atoms with Gasteiger partial charge in [-0.25, -0.2) is 8.42 Å². The lowest BCUT2D eigenvalue weighted by Gasteiger charge is -2.39. The average molecular weight is 1150 g/mol. The van der Waals surface area contributed by atoms with Gasteiger partial charge in [-0.15, -0.1) is 0 Å². The molecule has 0 radical (unpaired) electrons. The molecule has 5 aliphatic heterocycles. The summed E-state index contributed by atoms with van der Waals surface area (Å²) in [5, 5.41) is 21.4. The Hall–Kier alpha value is -5.93. The van der Waals surface area contributed by atoms with Crippen LogP contribution >= 0.6 is 11.6 Å². The zero-order chi connectivity index (χ0) is 57.0. The third-order valence-electron chi connectivity index (χ3n) is 18.3. The van der Waals surface area contributed by atoms with Crippen LogP contribution < -0.4 is 37.2 Å². The van der Waals surface area contributed by atoms with Crippen LogP contribution in [0.4, 0.5) is 5.69 Å². The molecule has 10 rings (SSSR count). The smallest absolute Gasteiger partial charge is 0.253 e. The number of piperidine rings is 2. The van der Waals surface area contributed by atoms with Crippen LogP contribution in [0.1, 0.15) is 157 Å². The van der Waals surface area contributed by atoms with Crippen LogP contribution in [0.15, 0.2) is 60.7 Å². The third-order valence-corrected chi connectivity index (χ3v) is 20.7. The van der Waals surface area contributed by atoms with Gasteiger partial charge in [-0.05, 0) is 182 Å². The van der Waals surface area contributed by atoms with E-state index in [0.29, 0.717) is 48.2 Å². The molecule has 0 spiro atoms. The molecule has 3 aromatic rings. The van der Waals surface area contributed by atoms with Crippen LogP contribution in [-0.2, 0) is 42.0 Å². The number of amides is 7. The van der Waals surface area contributed by atoms with Gasteiger partial charge >= 0.3 is 0 Å². The van der Waals surface area contributed by atoms with Gasteiger partial charge in [0.05, 0.1) is 34.8 Å². The standard InChI is InChI=1S/C60H79ClN10O9S/c1-36(62-2)55(73)68-54(39-11-4-3-5-12-39)60(78)70-34-44(32-52(70)59(77)67-50-15-8-13-38-10-6-7-14-47(38)50)65-57(75)41-18-16-40(17-19-41)56(74)63-24-9-25-69-26-22-37(23-27-69)35-81(79,80)71-45-20-21-46(71)31-43(30-45)64-58(76)48-28-42-29-53(72)66-51(42)33-49(48)61/h6-7,10,14,16-19,28,33,36-37,39,43-46,50,52,54,62H,3-5,8-9,11-13,15,20-27,29-32,34-35H2,1-2H3,(H,63,74)(H,64,76)(H,65,75)(H,66,72)(H,67,77)(H,68,73)/t36-,43?,44-,45-,46+,50+,52-,54-/m0/s1. The van der Waals surface area contributed by atoms with Crippen molar-refractivity contribution in [1.29, 1.82) is 0 Å². The van der Waals surface area contributed by atoms with Crippen LogP contribution in [0.2, 0.25) is 5.02 Å². The molecule has 1 unspecified atom stereocenters. The molecule has 1 saturated carbocycles. The summed E-state index contributed by atoms with van der Waals surface area (Å²) in [5.74, 6) is -1.95. The molecule has 8 atom stereocenters. The number of hydrogen-bond acceptors (Lipinski definition) is 11. The summed E-state index contributed by atoms with van der Waals surface area (Å²) in [6.45, 7) is 4.56. The Morgan fingerprint density at radius 1 is 0.765 bits per heavy atom. The predicted octanol–water partition coefficient (Wildman–Crippen LogP) is 4.99. The first-order valence-electron chi connectivity index (χ1n) is 29.5. The summed E-state index contributed by atoms with van der Waals surface area (Å²) in [5.41, 5.74) is 4.66. The van der Waals surface area contributed by atoms with E-state index in [9.17, 15) is 42.0 Å². The predicted molar refractivity (Wildman–Crippen MR) is 308 cm³/mol. The first kappa shape index (κ1) is 58.3. The lowest BCUT2D eigenvalue weighted by molar-refractivity contribution is -0.143. The van der Waals surface area contributed by atoms with Gasteiger partial charge in [0, 0.05) is 54.1 Å². The molecule has 5 heterocycles. The summed E-state index contributed by atoms with van der Waals surface area (Å²) in [6, 6.07) is 14.3. The monoisotopic (exact) mass is 1150 g/mol. The molecule has 19 nitrogen and oxygen atoms in total. The molecule has 436 valence electrons. The number of carbonyl (C=O) groups is 7. The Morgan fingerprint density at radius 3 is 2.17 bits per heavy atom. The van der Waals surface area contributed by atoms with Crippen LogP contribution in [0, 0.1) is 11.8 Å². The number of likely N-dealkylation sites (N-methyl/N-ethyl adjacent to an activating group) is 1. The lowest BCUT2D eigenvalue weighted by atomic mass is 9.83. The van der Waals surface area contributed by atoms with E-state index in [1.807, 2.05) is 18.2 Å². The van der Waals surface area contributed by atoms with Gasteiger partial charge in [0.25, 0.3) is 17.7 Å². The van der Waals surface area contributed by atoms with Gasteiger partial charge in [-0.1, -0.05) is 55.1 Å². The Balaban J connectivity index is 0.673. The van der Waals surface area contributed by atoms with E-state index in [2.05, 4.69) is 48.2 Å². The van der Waals surface area contributed by atoms with E-state index in [1.54, 1.807) is 59.6 Å². The molecule has 7 amide bonds. The third kappa shape index (κ3) is 13.6. The van der Waals surface area contributed by atoms with E-state index < -0.39 is 40.1 Å². The Labute approximate surface area is 480 Å². The van der Waals surface area contributed by atoms with Crippen molar-refractivity contribution in [3.8, 4) is 0 Å². The molecule has 0 aromatic heterocycles. The van der Waals surface area contributed by atoms with Crippen molar-refractivity contribution < 1.29 is 42.0 Å². The number of anilines is 1. The second-order valence-electron chi connectivity index (χ2n) is 23.8. The van der Waals surface area contributed by atoms with E-state index in [4.69, 9.17) is 11.6 Å². The number of fused-ring (bicyclic) bond motifs is 4. The average Bonchev–Trinajstić information content (AvgIpc) is 4.33. The van der Waals surface area contributed by atoms with Crippen molar-refractivity contribution >= 4 is 68.7 Å². The molecule has 2 bridgehead atoms. The molecular formula is C60H79ClN10O9S. The largest absolute Gasteiger partial charge is 0.352 e. The minimum absolute atomic E-state index is 0.0403. The van der Waals surface area contributed by atoms with E-state index in [0.717, 1.165) is 108 Å². The molecule has 5 fully saturated rings. The van der Waals surface area contributed by atoms with Gasteiger partial charge < -0.3 is 47.0 Å². The van der Waals surface area contributed by atoms with Crippen LogP contribution in [0.5, 0.6) is 0 Å². The van der Waals surface area contributed by atoms with Crippen molar-refractivity contribution in [2.24, 2.45) is 11.8 Å². The number of sulfonamides is 1. The highest BCUT2D eigenvalue weighted by atomic mass is 35.5. The van der Waals surface area contributed by atoms with Crippen LogP contribution in [0.3, 0.4) is 0 Å². The maximum Gasteiger partial charge on any atom is 0.253 e. The number of halogens is 1. The summed E-state index contributed by atoms with van der Waals surface area (Å²) < 4.78 is 29.7. The Bertz CT molecular complexity index is 2950. The first-order valence-corrected chi connectivity index (χ1v) is 31.5. The molecule has 7 aliphatic rings. The van der Waals surface area contributed by atoms with Crippen molar-refractivity contribution in [3.05, 3.63) is 99.1 Å². The molecule has 7 N–H and O–H groups in total. The van der Waals surface area contributed by atoms with E-state index in [1.165, 1.54) is 5.56 Å². The van der Waals surface area contributed by atoms with Crippen molar-refractivity contribution in [3.63, 3.8) is 0 Å². The fourth-order valence-electron chi connectivity index (χ4n) is 13.8. The second kappa shape index (κ2) is 25.7. The number of hydrogen-bond donors (Lipinski definition) is 7. The second-order valence-corrected chi connectivity index (χ2v) is 26.1. The fourth-order valence-corrected chi connectivity index (χ4v) is 16.5. The van der Waals surface area contributed by atoms with Gasteiger partial charge in [0.1, 0.15) is 12.1 Å². The molecule has 21 heteroatoms. The minimum atomic E-state index is -3.53. The van der Waals surface area contributed by atoms with Gasteiger partial charge in [0.2, 0.25) is 33.7 Å². The van der Waals surface area contributed by atoms with Gasteiger partial charge in [-0.3, -0.25) is 33.6 Å². The first-order chi connectivity index (χ1) is 39.0. The zero-order valence-electron chi connectivity index (χ0n) is 46.6. The van der Waals surface area contributed by atoms with Gasteiger partial charge in [-0.2, -0.15) is 4.31 Å². The summed E-state index contributed by atoms with van der Waals surface area (Å²) >= 11 is 6.43. The number of benzene rings is 3. The summed E-state index contributed by atoms with van der Waals surface area (Å²) in [7, 11) is -1.83. The minimum Gasteiger partial charge on any atom is -0.352 e. The highest BCUT2D eigenvalue weighted by molar-refractivity contribution is 7.89. The fraction of sp³-hybridized carbons (Fsp3) is 0.583. The van der Waals surface area contributed by atoms with E-state index in [-0.39, 0.29) is 102 Å². The highest BCUT2D eigenvalue weighted by Crippen LogP contribution is 2.40. The Morgan fingerprint density at radius 2 is 1.46 bits per heavy atom. The molecule has 3 aromatic carbocycles. The Kier molecular flexibility index (Phi) is 18.5. The zero-order valence-corrected chi connectivity index (χ0v) is 48.2. The molecule has 4 saturated heterocycles. The number of likely N-dealkylation sites (tertiary alicyclic amines) is 2. The molecule has 2 aliphatic carbocycles. The van der Waals surface area contributed by atoms with Crippen molar-refractivity contribution in [1.82, 2.24) is 46.0 Å².